The number of aliphatic hydroxyl groups excluding tert-OH is 1. The molecule has 130 valence electrons. The van der Waals surface area contributed by atoms with Gasteiger partial charge in [-0.05, 0) is 37.6 Å². The van der Waals surface area contributed by atoms with Crippen LogP contribution in [0.2, 0.25) is 0 Å². The Morgan fingerprint density at radius 1 is 1.48 bits per heavy atom. The normalized spacial score (nSPS) is 19.4. The Bertz CT molecular complexity index is 501. The quantitative estimate of drug-likeness (QED) is 0.273. The molecule has 1 unspecified atom stereocenters. The fourth-order valence-corrected chi connectivity index (χ4v) is 3.53. The van der Waals surface area contributed by atoms with Crippen molar-refractivity contribution >= 4 is 57.6 Å². The predicted octanol–water partition coefficient (Wildman–Crippen LogP) is 3.58. The fraction of sp³-hybridized carbons (Fsp3) is 0.562. The summed E-state index contributed by atoms with van der Waals surface area (Å²) >= 11 is 5.29. The first kappa shape index (κ1) is 21.1. The highest BCUT2D eigenvalue weighted by molar-refractivity contribution is 14.0. The van der Waals surface area contributed by atoms with E-state index in [2.05, 4.69) is 64.3 Å². The Kier molecular flexibility index (Phi) is 9.87. The zero-order chi connectivity index (χ0) is 15.9. The Labute approximate surface area is 168 Å². The Morgan fingerprint density at radius 3 is 2.74 bits per heavy atom. The molecule has 2 atom stereocenters. The van der Waals surface area contributed by atoms with Crippen LogP contribution in [0.3, 0.4) is 0 Å². The van der Waals surface area contributed by atoms with Gasteiger partial charge in [0.1, 0.15) is 0 Å². The Balaban J connectivity index is 0.00000264. The van der Waals surface area contributed by atoms with Crippen molar-refractivity contribution in [2.75, 3.05) is 26.2 Å². The molecule has 0 radical (unpaired) electrons. The molecule has 1 saturated heterocycles. The maximum atomic E-state index is 9.68. The summed E-state index contributed by atoms with van der Waals surface area (Å²) in [6.07, 6.45) is 0.603. The summed E-state index contributed by atoms with van der Waals surface area (Å²) in [5, 5.41) is 13.4. The van der Waals surface area contributed by atoms with E-state index in [0.29, 0.717) is 11.8 Å². The van der Waals surface area contributed by atoms with Gasteiger partial charge in [0.05, 0.1) is 12.6 Å². The van der Waals surface area contributed by atoms with E-state index in [-0.39, 0.29) is 30.1 Å². The molecule has 1 aliphatic rings. The van der Waals surface area contributed by atoms with Crippen LogP contribution in [0.4, 0.5) is 0 Å². The number of guanidine groups is 1. The number of nitrogens with one attached hydrogen (secondary N) is 1. The molecule has 0 amide bonds. The maximum absolute atomic E-state index is 9.68. The van der Waals surface area contributed by atoms with Crippen LogP contribution in [-0.2, 0) is 0 Å². The van der Waals surface area contributed by atoms with Gasteiger partial charge < -0.3 is 15.3 Å². The molecule has 4 nitrogen and oxygen atoms in total. The summed E-state index contributed by atoms with van der Waals surface area (Å²) in [6.45, 7) is 7.43. The van der Waals surface area contributed by atoms with E-state index in [1.54, 1.807) is 0 Å². The number of rotatable bonds is 5. The van der Waals surface area contributed by atoms with Crippen LogP contribution in [-0.4, -0.2) is 53.5 Å². The van der Waals surface area contributed by atoms with Crippen LogP contribution in [0.25, 0.3) is 0 Å². The van der Waals surface area contributed by atoms with Crippen molar-refractivity contribution in [3.63, 3.8) is 0 Å². The molecule has 0 bridgehead atoms. The van der Waals surface area contributed by atoms with Gasteiger partial charge in [0.25, 0.3) is 0 Å². The van der Waals surface area contributed by atoms with Gasteiger partial charge in [0, 0.05) is 34.3 Å². The van der Waals surface area contributed by atoms with Crippen LogP contribution in [0.15, 0.2) is 38.6 Å². The summed E-state index contributed by atoms with van der Waals surface area (Å²) in [6, 6.07) is 8.37. The van der Waals surface area contributed by atoms with Crippen molar-refractivity contribution in [2.24, 2.45) is 4.99 Å². The zero-order valence-electron chi connectivity index (χ0n) is 13.5. The van der Waals surface area contributed by atoms with E-state index in [1.807, 2.05) is 11.8 Å². The first-order valence-electron chi connectivity index (χ1n) is 7.72. The van der Waals surface area contributed by atoms with E-state index in [4.69, 9.17) is 4.99 Å². The molecule has 0 spiro atoms. The molecule has 0 saturated carbocycles. The Hall–Kier alpha value is 0.01000. The molecule has 2 rings (SSSR count). The number of halogens is 2. The van der Waals surface area contributed by atoms with Crippen molar-refractivity contribution in [1.29, 1.82) is 0 Å². The second kappa shape index (κ2) is 10.8. The molecule has 1 aliphatic heterocycles. The van der Waals surface area contributed by atoms with Gasteiger partial charge in [0.2, 0.25) is 0 Å². The highest BCUT2D eigenvalue weighted by atomic mass is 127. The monoisotopic (exact) mass is 513 g/mol. The van der Waals surface area contributed by atoms with Crippen molar-refractivity contribution in [3.05, 3.63) is 28.7 Å². The van der Waals surface area contributed by atoms with E-state index in [0.717, 1.165) is 36.5 Å². The molecule has 2 N–H and O–H groups in total. The molecule has 1 heterocycles. The summed E-state index contributed by atoms with van der Waals surface area (Å²) in [4.78, 5) is 8.13. The van der Waals surface area contributed by atoms with Crippen LogP contribution in [0, 0.1) is 0 Å². The number of aliphatic hydroxyl groups is 1. The van der Waals surface area contributed by atoms with E-state index < -0.39 is 0 Å². The molecular weight excluding hydrogens is 489 g/mol. The minimum Gasteiger partial charge on any atom is -0.391 e. The topological polar surface area (TPSA) is 47.9 Å². The lowest BCUT2D eigenvalue weighted by atomic mass is 10.3. The van der Waals surface area contributed by atoms with Crippen LogP contribution >= 0.6 is 51.7 Å². The molecule has 1 aromatic rings. The lowest BCUT2D eigenvalue weighted by Crippen LogP contribution is -2.40. The smallest absolute Gasteiger partial charge is 0.194 e. The molecule has 1 aromatic carbocycles. The zero-order valence-corrected chi connectivity index (χ0v) is 18.3. The van der Waals surface area contributed by atoms with Gasteiger partial charge in [-0.3, -0.25) is 4.99 Å². The van der Waals surface area contributed by atoms with E-state index in [9.17, 15) is 5.11 Å². The first-order chi connectivity index (χ1) is 10.6. The van der Waals surface area contributed by atoms with E-state index in [1.165, 1.54) is 4.90 Å². The Morgan fingerprint density at radius 2 is 2.17 bits per heavy atom. The summed E-state index contributed by atoms with van der Waals surface area (Å²) in [7, 11) is 0. The van der Waals surface area contributed by atoms with Gasteiger partial charge >= 0.3 is 0 Å². The van der Waals surface area contributed by atoms with Gasteiger partial charge in [-0.25, -0.2) is 0 Å². The molecule has 0 aromatic heterocycles. The number of hydrogen-bond acceptors (Lipinski definition) is 3. The van der Waals surface area contributed by atoms with Crippen molar-refractivity contribution in [3.8, 4) is 0 Å². The fourth-order valence-electron chi connectivity index (χ4n) is 2.36. The molecular formula is C16H25BrIN3OS. The predicted molar refractivity (Wildman–Crippen MR) is 113 cm³/mol. The third kappa shape index (κ3) is 7.19. The lowest BCUT2D eigenvalue weighted by molar-refractivity contribution is 0.188. The average molecular weight is 514 g/mol. The van der Waals surface area contributed by atoms with Crippen LogP contribution in [0.1, 0.15) is 20.3 Å². The van der Waals surface area contributed by atoms with Gasteiger partial charge in [-0.15, -0.1) is 35.7 Å². The highest BCUT2D eigenvalue weighted by Crippen LogP contribution is 2.25. The van der Waals surface area contributed by atoms with Crippen molar-refractivity contribution in [1.82, 2.24) is 10.2 Å². The third-order valence-electron chi connectivity index (χ3n) is 3.45. The minimum atomic E-state index is -0.224. The third-order valence-corrected chi connectivity index (χ3v) is 5.07. The summed E-state index contributed by atoms with van der Waals surface area (Å²) in [5.41, 5.74) is 0. The van der Waals surface area contributed by atoms with Crippen molar-refractivity contribution in [2.45, 2.75) is 36.5 Å². The molecule has 1 fully saturated rings. The van der Waals surface area contributed by atoms with Gasteiger partial charge in [0.15, 0.2) is 5.96 Å². The standard InChI is InChI=1S/C16H24BrN3OS.HI/c1-3-18-16(20-9-8-14(21)11-20)19-10-12(2)22-15-6-4-13(17)5-7-15;/h4-7,12,14,21H,3,8-11H2,1-2H3,(H,18,19);1H/t12?,14-;/m1./s1. The number of likely N-dealkylation sites (tertiary alicyclic amines) is 1. The number of nitrogens with zero attached hydrogens (tertiary/aromatic N) is 2. The van der Waals surface area contributed by atoms with Crippen molar-refractivity contribution < 1.29 is 5.11 Å². The van der Waals surface area contributed by atoms with Gasteiger partial charge in [-0.1, -0.05) is 22.9 Å². The van der Waals surface area contributed by atoms with E-state index >= 15 is 0 Å². The number of aliphatic imine (C=N–C) groups is 1. The first-order valence-corrected chi connectivity index (χ1v) is 9.39. The maximum Gasteiger partial charge on any atom is 0.194 e. The number of hydrogen-bond donors (Lipinski definition) is 2. The second-order valence-corrected chi connectivity index (χ2v) is 7.89. The number of thioether (sulfide) groups is 1. The second-order valence-electron chi connectivity index (χ2n) is 5.47. The van der Waals surface area contributed by atoms with Crippen LogP contribution in [0.5, 0.6) is 0 Å². The number of β-amino-alcohol motifs (C(OH)–C–C–N with tert-alkyl or cyclic N) is 1. The van der Waals surface area contributed by atoms with Crippen LogP contribution < -0.4 is 5.32 Å². The lowest BCUT2D eigenvalue weighted by Gasteiger charge is -2.21. The number of benzene rings is 1. The minimum absolute atomic E-state index is 0. The highest BCUT2D eigenvalue weighted by Gasteiger charge is 2.22. The molecule has 23 heavy (non-hydrogen) atoms. The average Bonchev–Trinajstić information content (AvgIpc) is 2.92. The molecule has 0 aliphatic carbocycles. The summed E-state index contributed by atoms with van der Waals surface area (Å²) in [5.74, 6) is 0.919. The largest absolute Gasteiger partial charge is 0.391 e. The van der Waals surface area contributed by atoms with Gasteiger partial charge in [-0.2, -0.15) is 0 Å². The molecule has 7 heteroatoms. The summed E-state index contributed by atoms with van der Waals surface area (Å²) < 4.78 is 1.10. The SMILES string of the molecule is CCNC(=NCC(C)Sc1ccc(Br)cc1)N1CC[C@@H](O)C1.I.